The van der Waals surface area contributed by atoms with Gasteiger partial charge in [0.15, 0.2) is 0 Å². The second-order valence-electron chi connectivity index (χ2n) is 3.46. The zero-order chi connectivity index (χ0) is 11.5. The SMILES string of the molecule is Cc1c(Cl)cccc1Oc1cccc(O)c1. The van der Waals surface area contributed by atoms with Crippen LogP contribution in [0.3, 0.4) is 0 Å². The van der Waals surface area contributed by atoms with Crippen LogP contribution in [0.15, 0.2) is 42.5 Å². The van der Waals surface area contributed by atoms with E-state index in [0.717, 1.165) is 5.56 Å². The number of benzene rings is 2. The smallest absolute Gasteiger partial charge is 0.131 e. The van der Waals surface area contributed by atoms with Crippen molar-refractivity contribution in [3.63, 3.8) is 0 Å². The summed E-state index contributed by atoms with van der Waals surface area (Å²) >= 11 is 5.98. The van der Waals surface area contributed by atoms with E-state index in [2.05, 4.69) is 0 Å². The maximum atomic E-state index is 9.31. The Morgan fingerprint density at radius 1 is 1.12 bits per heavy atom. The first-order valence-electron chi connectivity index (χ1n) is 4.89. The summed E-state index contributed by atoms with van der Waals surface area (Å²) in [5.74, 6) is 1.46. The lowest BCUT2D eigenvalue weighted by Gasteiger charge is -2.09. The molecule has 2 aromatic carbocycles. The minimum Gasteiger partial charge on any atom is -0.508 e. The fraction of sp³-hybridized carbons (Fsp3) is 0.0769. The van der Waals surface area contributed by atoms with Gasteiger partial charge in [0.2, 0.25) is 0 Å². The van der Waals surface area contributed by atoms with Crippen LogP contribution >= 0.6 is 11.6 Å². The second kappa shape index (κ2) is 4.45. The van der Waals surface area contributed by atoms with Gasteiger partial charge in [0.05, 0.1) is 0 Å². The third-order valence-corrected chi connectivity index (χ3v) is 2.67. The van der Waals surface area contributed by atoms with Crippen molar-refractivity contribution >= 4 is 11.6 Å². The molecule has 16 heavy (non-hydrogen) atoms. The summed E-state index contributed by atoms with van der Waals surface area (Å²) in [4.78, 5) is 0. The molecule has 0 aliphatic heterocycles. The predicted octanol–water partition coefficient (Wildman–Crippen LogP) is 4.15. The van der Waals surface area contributed by atoms with E-state index in [0.29, 0.717) is 16.5 Å². The van der Waals surface area contributed by atoms with Gasteiger partial charge in [-0.1, -0.05) is 23.7 Å². The van der Waals surface area contributed by atoms with Crippen LogP contribution in [0.5, 0.6) is 17.2 Å². The maximum absolute atomic E-state index is 9.31. The lowest BCUT2D eigenvalue weighted by molar-refractivity contribution is 0.453. The highest BCUT2D eigenvalue weighted by atomic mass is 35.5. The molecule has 2 rings (SSSR count). The molecule has 0 heterocycles. The van der Waals surface area contributed by atoms with E-state index < -0.39 is 0 Å². The molecule has 0 aliphatic rings. The average molecular weight is 235 g/mol. The summed E-state index contributed by atoms with van der Waals surface area (Å²) in [6.45, 7) is 1.89. The third-order valence-electron chi connectivity index (χ3n) is 2.26. The summed E-state index contributed by atoms with van der Waals surface area (Å²) in [6, 6.07) is 12.1. The Hall–Kier alpha value is -1.67. The molecule has 1 N–H and O–H groups in total. The number of hydrogen-bond donors (Lipinski definition) is 1. The monoisotopic (exact) mass is 234 g/mol. The number of phenols is 1. The minimum absolute atomic E-state index is 0.178. The summed E-state index contributed by atoms with van der Waals surface area (Å²) in [5.41, 5.74) is 0.882. The molecule has 0 spiro atoms. The molecule has 0 fully saturated rings. The summed E-state index contributed by atoms with van der Waals surface area (Å²) < 4.78 is 5.63. The molecule has 0 bridgehead atoms. The molecule has 2 aromatic rings. The topological polar surface area (TPSA) is 29.5 Å². The van der Waals surface area contributed by atoms with Crippen molar-refractivity contribution in [2.75, 3.05) is 0 Å². The van der Waals surface area contributed by atoms with Crippen LogP contribution in [-0.4, -0.2) is 5.11 Å². The number of rotatable bonds is 2. The molecule has 0 aliphatic carbocycles. The van der Waals surface area contributed by atoms with Crippen molar-refractivity contribution in [3.8, 4) is 17.2 Å². The van der Waals surface area contributed by atoms with Gasteiger partial charge < -0.3 is 9.84 Å². The fourth-order valence-corrected chi connectivity index (χ4v) is 1.54. The Bertz CT molecular complexity index is 509. The lowest BCUT2D eigenvalue weighted by Crippen LogP contribution is -1.87. The van der Waals surface area contributed by atoms with Gasteiger partial charge in [-0.15, -0.1) is 0 Å². The van der Waals surface area contributed by atoms with Gasteiger partial charge >= 0.3 is 0 Å². The van der Waals surface area contributed by atoms with E-state index in [9.17, 15) is 5.11 Å². The Morgan fingerprint density at radius 3 is 2.62 bits per heavy atom. The molecule has 3 heteroatoms. The van der Waals surface area contributed by atoms with E-state index in [4.69, 9.17) is 16.3 Å². The van der Waals surface area contributed by atoms with Crippen molar-refractivity contribution in [2.45, 2.75) is 6.92 Å². The summed E-state index contributed by atoms with van der Waals surface area (Å²) in [6.07, 6.45) is 0. The van der Waals surface area contributed by atoms with Crippen LogP contribution in [-0.2, 0) is 0 Å². The summed E-state index contributed by atoms with van der Waals surface area (Å²) in [7, 11) is 0. The first-order valence-corrected chi connectivity index (χ1v) is 5.26. The standard InChI is InChI=1S/C13H11ClO2/c1-9-12(14)6-3-7-13(9)16-11-5-2-4-10(15)8-11/h2-8,15H,1H3. The molecular weight excluding hydrogens is 224 g/mol. The molecule has 0 aromatic heterocycles. The van der Waals surface area contributed by atoms with Gasteiger partial charge in [0.1, 0.15) is 17.2 Å². The van der Waals surface area contributed by atoms with Crippen molar-refractivity contribution in [1.82, 2.24) is 0 Å². The number of hydrogen-bond acceptors (Lipinski definition) is 2. The first-order chi connectivity index (χ1) is 7.66. The van der Waals surface area contributed by atoms with Crippen molar-refractivity contribution in [2.24, 2.45) is 0 Å². The molecule has 0 radical (unpaired) electrons. The molecule has 0 saturated carbocycles. The van der Waals surface area contributed by atoms with Crippen molar-refractivity contribution in [1.29, 1.82) is 0 Å². The van der Waals surface area contributed by atoms with Gasteiger partial charge in [0, 0.05) is 16.7 Å². The highest BCUT2D eigenvalue weighted by Crippen LogP contribution is 2.30. The van der Waals surface area contributed by atoms with Gasteiger partial charge in [-0.25, -0.2) is 0 Å². The normalized spacial score (nSPS) is 10.1. The Labute approximate surface area is 99.1 Å². The van der Waals surface area contributed by atoms with Crippen LogP contribution in [0.25, 0.3) is 0 Å². The number of phenolic OH excluding ortho intramolecular Hbond substituents is 1. The maximum Gasteiger partial charge on any atom is 0.131 e. The van der Waals surface area contributed by atoms with Crippen molar-refractivity contribution in [3.05, 3.63) is 53.1 Å². The van der Waals surface area contributed by atoms with Gasteiger partial charge in [-0.3, -0.25) is 0 Å². The molecule has 0 amide bonds. The van der Waals surface area contributed by atoms with E-state index in [1.54, 1.807) is 24.3 Å². The highest BCUT2D eigenvalue weighted by Gasteiger charge is 2.04. The molecule has 0 atom stereocenters. The van der Waals surface area contributed by atoms with Gasteiger partial charge in [-0.2, -0.15) is 0 Å². The molecule has 0 saturated heterocycles. The number of ether oxygens (including phenoxy) is 1. The highest BCUT2D eigenvalue weighted by molar-refractivity contribution is 6.31. The lowest BCUT2D eigenvalue weighted by atomic mass is 10.2. The molecule has 82 valence electrons. The zero-order valence-electron chi connectivity index (χ0n) is 8.77. The quantitative estimate of drug-likeness (QED) is 0.846. The molecular formula is C13H11ClO2. The van der Waals surface area contributed by atoms with E-state index >= 15 is 0 Å². The van der Waals surface area contributed by atoms with E-state index in [1.807, 2.05) is 25.1 Å². The predicted molar refractivity (Wildman–Crippen MR) is 64.4 cm³/mol. The fourth-order valence-electron chi connectivity index (χ4n) is 1.37. The Kier molecular flexibility index (Phi) is 3.02. The molecule has 2 nitrogen and oxygen atoms in total. The first kappa shape index (κ1) is 10.8. The van der Waals surface area contributed by atoms with E-state index in [-0.39, 0.29) is 5.75 Å². The zero-order valence-corrected chi connectivity index (χ0v) is 9.53. The average Bonchev–Trinajstić information content (AvgIpc) is 2.25. The largest absolute Gasteiger partial charge is 0.508 e. The van der Waals surface area contributed by atoms with Crippen LogP contribution < -0.4 is 4.74 Å². The van der Waals surface area contributed by atoms with E-state index in [1.165, 1.54) is 0 Å². The Balaban J connectivity index is 2.31. The van der Waals surface area contributed by atoms with Crippen LogP contribution in [0.1, 0.15) is 5.56 Å². The van der Waals surface area contributed by atoms with Crippen molar-refractivity contribution < 1.29 is 9.84 Å². The summed E-state index contributed by atoms with van der Waals surface area (Å²) in [5, 5.41) is 9.97. The van der Waals surface area contributed by atoms with Crippen LogP contribution in [0.4, 0.5) is 0 Å². The van der Waals surface area contributed by atoms with Crippen LogP contribution in [0, 0.1) is 6.92 Å². The van der Waals surface area contributed by atoms with Gasteiger partial charge in [-0.05, 0) is 31.2 Å². The van der Waals surface area contributed by atoms with Gasteiger partial charge in [0.25, 0.3) is 0 Å². The second-order valence-corrected chi connectivity index (χ2v) is 3.87. The third kappa shape index (κ3) is 2.28. The number of aromatic hydroxyl groups is 1. The van der Waals surface area contributed by atoms with Crippen LogP contribution in [0.2, 0.25) is 5.02 Å². The number of halogens is 1. The molecule has 0 unspecified atom stereocenters. The minimum atomic E-state index is 0.178. The Morgan fingerprint density at radius 2 is 1.88 bits per heavy atom.